The molecule has 0 amide bonds. The maximum absolute atomic E-state index is 11.0. The number of aromatic carboxylic acids is 1. The van der Waals surface area contributed by atoms with Crippen LogP contribution < -0.4 is 0 Å². The molecule has 0 aliphatic heterocycles. The van der Waals surface area contributed by atoms with Gasteiger partial charge in [0.15, 0.2) is 0 Å². The third-order valence-corrected chi connectivity index (χ3v) is 2.98. The van der Waals surface area contributed by atoms with Gasteiger partial charge >= 0.3 is 5.97 Å². The van der Waals surface area contributed by atoms with Crippen molar-refractivity contribution in [2.75, 3.05) is 0 Å². The van der Waals surface area contributed by atoms with Crippen molar-refractivity contribution in [3.8, 4) is 0 Å². The van der Waals surface area contributed by atoms with E-state index in [9.17, 15) is 4.79 Å². The van der Waals surface area contributed by atoms with Crippen LogP contribution in [0.4, 0.5) is 0 Å². The van der Waals surface area contributed by atoms with Gasteiger partial charge in [0, 0.05) is 5.69 Å². The van der Waals surface area contributed by atoms with Gasteiger partial charge in [-0.2, -0.15) is 0 Å². The van der Waals surface area contributed by atoms with Gasteiger partial charge in [-0.05, 0) is 43.2 Å². The highest BCUT2D eigenvalue weighted by molar-refractivity contribution is 5.88. The number of carbonyl (C=O) groups is 1. The van der Waals surface area contributed by atoms with Gasteiger partial charge in [0.25, 0.3) is 0 Å². The van der Waals surface area contributed by atoms with Crippen molar-refractivity contribution in [2.45, 2.75) is 39.0 Å². The first-order valence-electron chi connectivity index (χ1n) is 5.20. The Bertz CT molecular complexity index is 366. The number of hydrogen-bond donors (Lipinski definition) is 2. The zero-order valence-corrected chi connectivity index (χ0v) is 8.39. The van der Waals surface area contributed by atoms with E-state index in [1.165, 1.54) is 18.4 Å². The predicted octanol–water partition coefficient (Wildman–Crippen LogP) is 2.15. The first kappa shape index (κ1) is 9.31. The van der Waals surface area contributed by atoms with Gasteiger partial charge in [0.2, 0.25) is 0 Å². The summed E-state index contributed by atoms with van der Waals surface area (Å²) in [6.07, 6.45) is 5.23. The Morgan fingerprint density at radius 1 is 1.43 bits per heavy atom. The Balaban J connectivity index is 2.51. The molecule has 1 heterocycles. The first-order chi connectivity index (χ1) is 6.74. The molecule has 2 N–H and O–H groups in total. The topological polar surface area (TPSA) is 53.1 Å². The van der Waals surface area contributed by atoms with Gasteiger partial charge < -0.3 is 10.1 Å². The fourth-order valence-corrected chi connectivity index (χ4v) is 2.33. The molecule has 0 saturated carbocycles. The maximum Gasteiger partial charge on any atom is 0.352 e. The summed E-state index contributed by atoms with van der Waals surface area (Å²) in [7, 11) is 0. The van der Waals surface area contributed by atoms with Gasteiger partial charge in [0.05, 0.1) is 0 Å². The molecule has 0 fully saturated rings. The van der Waals surface area contributed by atoms with Crippen LogP contribution in [0.1, 0.15) is 47.1 Å². The molecule has 2 rings (SSSR count). The average Bonchev–Trinajstić information content (AvgIpc) is 2.56. The van der Waals surface area contributed by atoms with Crippen LogP contribution in [0, 0.1) is 0 Å². The molecule has 0 unspecified atom stereocenters. The lowest BCUT2D eigenvalue weighted by atomic mass is 9.93. The summed E-state index contributed by atoms with van der Waals surface area (Å²) in [4.78, 5) is 14.0. The van der Waals surface area contributed by atoms with Crippen LogP contribution in [0.3, 0.4) is 0 Å². The van der Waals surface area contributed by atoms with Crippen molar-refractivity contribution in [1.82, 2.24) is 4.98 Å². The lowest BCUT2D eigenvalue weighted by Gasteiger charge is -2.11. The number of fused-ring (bicyclic) bond motifs is 1. The van der Waals surface area contributed by atoms with Crippen molar-refractivity contribution in [3.05, 3.63) is 22.5 Å². The van der Waals surface area contributed by atoms with Crippen LogP contribution in [0.15, 0.2) is 0 Å². The number of carboxylic acids is 1. The quantitative estimate of drug-likeness (QED) is 0.756. The fraction of sp³-hybridized carbons (Fsp3) is 0.545. The molecular weight excluding hydrogens is 178 g/mol. The van der Waals surface area contributed by atoms with Crippen molar-refractivity contribution in [2.24, 2.45) is 0 Å². The molecule has 0 saturated heterocycles. The Kier molecular flexibility index (Phi) is 2.32. The van der Waals surface area contributed by atoms with E-state index >= 15 is 0 Å². The molecule has 0 atom stereocenters. The highest BCUT2D eigenvalue weighted by atomic mass is 16.4. The molecule has 1 aliphatic rings. The van der Waals surface area contributed by atoms with E-state index in [0.29, 0.717) is 5.69 Å². The number of aromatic nitrogens is 1. The van der Waals surface area contributed by atoms with Gasteiger partial charge in [-0.3, -0.25) is 0 Å². The summed E-state index contributed by atoms with van der Waals surface area (Å²) in [6.45, 7) is 2.02. The number of nitrogens with one attached hydrogen (secondary N) is 1. The van der Waals surface area contributed by atoms with Crippen LogP contribution in [-0.4, -0.2) is 16.1 Å². The van der Waals surface area contributed by atoms with E-state index in [1.807, 2.05) is 6.92 Å². The van der Waals surface area contributed by atoms with Crippen LogP contribution in [0.2, 0.25) is 0 Å². The molecule has 0 spiro atoms. The molecule has 0 aromatic carbocycles. The number of H-pyrrole nitrogens is 1. The summed E-state index contributed by atoms with van der Waals surface area (Å²) >= 11 is 0. The van der Waals surface area contributed by atoms with Crippen LogP contribution in [0.5, 0.6) is 0 Å². The van der Waals surface area contributed by atoms with Gasteiger partial charge in [-0.15, -0.1) is 0 Å². The summed E-state index contributed by atoms with van der Waals surface area (Å²) in [5, 5.41) is 9.01. The first-order valence-corrected chi connectivity index (χ1v) is 5.20. The number of carboxylic acid groups (broad SMARTS) is 1. The largest absolute Gasteiger partial charge is 0.477 e. The minimum atomic E-state index is -0.823. The van der Waals surface area contributed by atoms with E-state index in [4.69, 9.17) is 5.11 Å². The van der Waals surface area contributed by atoms with Gasteiger partial charge in [0.1, 0.15) is 5.69 Å². The number of aromatic amines is 1. The minimum Gasteiger partial charge on any atom is -0.477 e. The SMILES string of the molecule is CCc1c(C(=O)O)[nH]c2c1CCCC2. The van der Waals surface area contributed by atoms with Crippen molar-refractivity contribution < 1.29 is 9.90 Å². The molecule has 3 nitrogen and oxygen atoms in total. The Labute approximate surface area is 83.1 Å². The molecule has 76 valence electrons. The zero-order valence-electron chi connectivity index (χ0n) is 8.39. The molecule has 14 heavy (non-hydrogen) atoms. The number of hydrogen-bond acceptors (Lipinski definition) is 1. The Morgan fingerprint density at radius 2 is 2.14 bits per heavy atom. The monoisotopic (exact) mass is 193 g/mol. The van der Waals surface area contributed by atoms with Crippen molar-refractivity contribution >= 4 is 5.97 Å². The van der Waals surface area contributed by atoms with Crippen molar-refractivity contribution in [3.63, 3.8) is 0 Å². The lowest BCUT2D eigenvalue weighted by Crippen LogP contribution is -2.02. The normalized spacial score (nSPS) is 15.2. The molecule has 1 aromatic rings. The lowest BCUT2D eigenvalue weighted by molar-refractivity contribution is 0.0690. The third-order valence-electron chi connectivity index (χ3n) is 2.98. The van der Waals surface area contributed by atoms with Gasteiger partial charge in [-0.25, -0.2) is 4.79 Å². The molecule has 0 bridgehead atoms. The second kappa shape index (κ2) is 3.48. The highest BCUT2D eigenvalue weighted by Gasteiger charge is 2.21. The summed E-state index contributed by atoms with van der Waals surface area (Å²) < 4.78 is 0. The average molecular weight is 193 g/mol. The molecule has 1 aliphatic carbocycles. The van der Waals surface area contributed by atoms with Crippen molar-refractivity contribution in [1.29, 1.82) is 0 Å². The van der Waals surface area contributed by atoms with E-state index in [-0.39, 0.29) is 0 Å². The third kappa shape index (κ3) is 1.33. The van der Waals surface area contributed by atoms with E-state index in [0.717, 1.165) is 30.5 Å². The Morgan fingerprint density at radius 3 is 2.79 bits per heavy atom. The Hall–Kier alpha value is -1.25. The predicted molar refractivity (Wildman–Crippen MR) is 53.8 cm³/mol. The van der Waals surface area contributed by atoms with E-state index < -0.39 is 5.97 Å². The number of aryl methyl sites for hydroxylation is 1. The van der Waals surface area contributed by atoms with E-state index in [1.54, 1.807) is 0 Å². The number of rotatable bonds is 2. The molecule has 1 aromatic heterocycles. The van der Waals surface area contributed by atoms with Crippen LogP contribution in [0.25, 0.3) is 0 Å². The standard InChI is InChI=1S/C11H15NO2/c1-2-7-8-5-3-4-6-9(8)12-10(7)11(13)14/h12H,2-6H2,1H3,(H,13,14). The smallest absolute Gasteiger partial charge is 0.352 e. The minimum absolute atomic E-state index is 0.416. The fourth-order valence-electron chi connectivity index (χ4n) is 2.33. The molecule has 3 heteroatoms. The van der Waals surface area contributed by atoms with Crippen LogP contribution >= 0.6 is 0 Å². The second-order valence-electron chi connectivity index (χ2n) is 3.80. The molecule has 0 radical (unpaired) electrons. The van der Waals surface area contributed by atoms with Crippen LogP contribution in [-0.2, 0) is 19.3 Å². The summed E-state index contributed by atoms with van der Waals surface area (Å²) in [5.41, 5.74) is 3.87. The zero-order chi connectivity index (χ0) is 10.1. The molecular formula is C11H15NO2. The van der Waals surface area contributed by atoms with E-state index in [2.05, 4.69) is 4.98 Å². The summed E-state index contributed by atoms with van der Waals surface area (Å²) in [6, 6.07) is 0. The highest BCUT2D eigenvalue weighted by Crippen LogP contribution is 2.27. The van der Waals surface area contributed by atoms with Gasteiger partial charge in [-0.1, -0.05) is 6.92 Å². The second-order valence-corrected chi connectivity index (χ2v) is 3.80. The summed E-state index contributed by atoms with van der Waals surface area (Å²) in [5.74, 6) is -0.823. The maximum atomic E-state index is 11.0.